The van der Waals surface area contributed by atoms with Gasteiger partial charge >= 0.3 is 0 Å². The summed E-state index contributed by atoms with van der Waals surface area (Å²) in [4.78, 5) is 18.4. The molecule has 106 valence electrons. The number of rotatable bonds is 2. The Bertz CT molecular complexity index is 619. The van der Waals surface area contributed by atoms with Gasteiger partial charge in [-0.05, 0) is 19.8 Å². The number of amides is 1. The average Bonchev–Trinajstić information content (AvgIpc) is 3.07. The lowest BCUT2D eigenvalue weighted by Crippen LogP contribution is -2.39. The number of likely N-dealkylation sites (tertiary alicyclic amines) is 1. The standard InChI is InChI=1S/C12H16N6O2/c1-7-10(15-17-14-7)12(19)18-5-3-4-9(6-18)11-13-8(2)20-16-11/h9H,3-6H2,1-2H3,(H,14,15,17)/t9-/m0/s1. The second kappa shape index (κ2) is 5.03. The van der Waals surface area contributed by atoms with Gasteiger partial charge in [-0.3, -0.25) is 4.79 Å². The number of aromatic amines is 1. The molecule has 3 heterocycles. The van der Waals surface area contributed by atoms with Gasteiger partial charge in [-0.25, -0.2) is 0 Å². The summed E-state index contributed by atoms with van der Waals surface area (Å²) in [5, 5.41) is 14.2. The first-order chi connectivity index (χ1) is 9.65. The van der Waals surface area contributed by atoms with Crippen LogP contribution in [0.1, 0.15) is 46.7 Å². The van der Waals surface area contributed by atoms with E-state index in [9.17, 15) is 4.79 Å². The zero-order valence-corrected chi connectivity index (χ0v) is 11.5. The molecule has 0 radical (unpaired) electrons. The summed E-state index contributed by atoms with van der Waals surface area (Å²) in [6.07, 6.45) is 1.88. The predicted octanol–water partition coefficient (Wildman–Crippen LogP) is 0.824. The van der Waals surface area contributed by atoms with Crippen molar-refractivity contribution in [2.24, 2.45) is 0 Å². The predicted molar refractivity (Wildman–Crippen MR) is 68.0 cm³/mol. The van der Waals surface area contributed by atoms with E-state index >= 15 is 0 Å². The van der Waals surface area contributed by atoms with Crippen LogP contribution in [0, 0.1) is 13.8 Å². The molecule has 1 aliphatic rings. The third-order valence-corrected chi connectivity index (χ3v) is 3.54. The van der Waals surface area contributed by atoms with Gasteiger partial charge in [-0.1, -0.05) is 5.16 Å². The third-order valence-electron chi connectivity index (χ3n) is 3.54. The molecule has 0 aromatic carbocycles. The molecule has 1 aliphatic heterocycles. The van der Waals surface area contributed by atoms with Crippen LogP contribution in [0.4, 0.5) is 0 Å². The Morgan fingerprint density at radius 1 is 1.40 bits per heavy atom. The monoisotopic (exact) mass is 276 g/mol. The quantitative estimate of drug-likeness (QED) is 0.871. The maximum atomic E-state index is 12.4. The van der Waals surface area contributed by atoms with Crippen molar-refractivity contribution in [1.29, 1.82) is 0 Å². The van der Waals surface area contributed by atoms with Crippen LogP contribution in [0.5, 0.6) is 0 Å². The molecule has 1 amide bonds. The Labute approximate surface area is 115 Å². The number of aromatic nitrogens is 5. The molecule has 2 aromatic heterocycles. The fourth-order valence-corrected chi connectivity index (χ4v) is 2.49. The summed E-state index contributed by atoms with van der Waals surface area (Å²) >= 11 is 0. The van der Waals surface area contributed by atoms with Crippen LogP contribution < -0.4 is 0 Å². The molecule has 1 saturated heterocycles. The number of hydrogen-bond donors (Lipinski definition) is 1. The highest BCUT2D eigenvalue weighted by Gasteiger charge is 2.29. The Morgan fingerprint density at radius 2 is 2.25 bits per heavy atom. The minimum absolute atomic E-state index is 0.0961. The second-order valence-electron chi connectivity index (χ2n) is 5.02. The summed E-state index contributed by atoms with van der Waals surface area (Å²) in [6, 6.07) is 0. The number of H-pyrrole nitrogens is 1. The van der Waals surface area contributed by atoms with Crippen LogP contribution in [0.25, 0.3) is 0 Å². The summed E-state index contributed by atoms with van der Waals surface area (Å²) in [6.45, 7) is 4.84. The highest BCUT2D eigenvalue weighted by molar-refractivity contribution is 5.93. The molecule has 1 fully saturated rings. The first kappa shape index (κ1) is 12.8. The summed E-state index contributed by atoms with van der Waals surface area (Å²) < 4.78 is 5.01. The number of nitrogens with zero attached hydrogens (tertiary/aromatic N) is 5. The molecule has 20 heavy (non-hydrogen) atoms. The number of aryl methyl sites for hydroxylation is 2. The molecule has 1 N–H and O–H groups in total. The highest BCUT2D eigenvalue weighted by atomic mass is 16.5. The SMILES string of the molecule is Cc1nc([C@H]2CCCN(C(=O)c3n[nH]nc3C)C2)no1. The van der Waals surface area contributed by atoms with Gasteiger partial charge in [0.15, 0.2) is 11.5 Å². The van der Waals surface area contributed by atoms with E-state index in [0.717, 1.165) is 19.4 Å². The van der Waals surface area contributed by atoms with Gasteiger partial charge in [0.2, 0.25) is 5.89 Å². The van der Waals surface area contributed by atoms with E-state index in [2.05, 4.69) is 25.6 Å². The van der Waals surface area contributed by atoms with Crippen LogP contribution in [0.3, 0.4) is 0 Å². The van der Waals surface area contributed by atoms with E-state index in [0.29, 0.717) is 29.6 Å². The van der Waals surface area contributed by atoms with Gasteiger partial charge in [-0.2, -0.15) is 20.4 Å². The largest absolute Gasteiger partial charge is 0.340 e. The van der Waals surface area contributed by atoms with Crippen LogP contribution >= 0.6 is 0 Å². The molecule has 3 rings (SSSR count). The fourth-order valence-electron chi connectivity index (χ4n) is 2.49. The number of piperidine rings is 1. The molecule has 8 nitrogen and oxygen atoms in total. The molecule has 0 aliphatic carbocycles. The fraction of sp³-hybridized carbons (Fsp3) is 0.583. The van der Waals surface area contributed by atoms with E-state index in [1.54, 1.807) is 18.7 Å². The molecular formula is C12H16N6O2. The Kier molecular flexibility index (Phi) is 3.21. The number of hydrogen-bond acceptors (Lipinski definition) is 6. The molecule has 1 atom stereocenters. The van der Waals surface area contributed by atoms with Crippen LogP contribution in [0.2, 0.25) is 0 Å². The maximum Gasteiger partial charge on any atom is 0.276 e. The molecule has 0 bridgehead atoms. The summed E-state index contributed by atoms with van der Waals surface area (Å²) in [5.41, 5.74) is 1.00. The molecule has 0 spiro atoms. The van der Waals surface area contributed by atoms with Crippen molar-refractivity contribution in [2.75, 3.05) is 13.1 Å². The van der Waals surface area contributed by atoms with Gasteiger partial charge in [-0.15, -0.1) is 0 Å². The number of nitrogens with one attached hydrogen (secondary N) is 1. The van der Waals surface area contributed by atoms with E-state index in [1.807, 2.05) is 0 Å². The minimum atomic E-state index is -0.0961. The van der Waals surface area contributed by atoms with Crippen LogP contribution in [-0.4, -0.2) is 49.4 Å². The van der Waals surface area contributed by atoms with E-state index in [4.69, 9.17) is 4.52 Å². The Balaban J connectivity index is 1.75. The second-order valence-corrected chi connectivity index (χ2v) is 5.02. The first-order valence-electron chi connectivity index (χ1n) is 6.62. The van der Waals surface area contributed by atoms with Gasteiger partial charge in [0.05, 0.1) is 5.69 Å². The van der Waals surface area contributed by atoms with Gasteiger partial charge in [0.1, 0.15) is 0 Å². The van der Waals surface area contributed by atoms with Crippen LogP contribution in [0.15, 0.2) is 4.52 Å². The van der Waals surface area contributed by atoms with Crippen molar-refractivity contribution in [3.8, 4) is 0 Å². The van der Waals surface area contributed by atoms with Gasteiger partial charge in [0, 0.05) is 25.9 Å². The number of carbonyl (C=O) groups excluding carboxylic acids is 1. The topological polar surface area (TPSA) is 101 Å². The van der Waals surface area contributed by atoms with Gasteiger partial charge < -0.3 is 9.42 Å². The lowest BCUT2D eigenvalue weighted by atomic mass is 9.97. The number of carbonyl (C=O) groups is 1. The normalized spacial score (nSPS) is 19.3. The smallest absolute Gasteiger partial charge is 0.276 e. The molecule has 0 saturated carbocycles. The van der Waals surface area contributed by atoms with Crippen LogP contribution in [-0.2, 0) is 0 Å². The highest BCUT2D eigenvalue weighted by Crippen LogP contribution is 2.25. The zero-order chi connectivity index (χ0) is 14.1. The molecule has 0 unspecified atom stereocenters. The van der Waals surface area contributed by atoms with Crippen molar-refractivity contribution in [3.63, 3.8) is 0 Å². The summed E-state index contributed by atoms with van der Waals surface area (Å²) in [7, 11) is 0. The first-order valence-corrected chi connectivity index (χ1v) is 6.62. The van der Waals surface area contributed by atoms with Crippen molar-refractivity contribution in [2.45, 2.75) is 32.6 Å². The average molecular weight is 276 g/mol. The van der Waals surface area contributed by atoms with E-state index in [-0.39, 0.29) is 11.8 Å². The maximum absolute atomic E-state index is 12.4. The zero-order valence-electron chi connectivity index (χ0n) is 11.5. The van der Waals surface area contributed by atoms with Crippen molar-refractivity contribution in [3.05, 3.63) is 23.1 Å². The Hall–Kier alpha value is -2.25. The molecule has 8 heteroatoms. The van der Waals surface area contributed by atoms with Gasteiger partial charge in [0.25, 0.3) is 5.91 Å². The summed E-state index contributed by atoms with van der Waals surface area (Å²) in [5.74, 6) is 1.26. The van der Waals surface area contributed by atoms with Crippen molar-refractivity contribution in [1.82, 2.24) is 30.5 Å². The third kappa shape index (κ3) is 2.28. The lowest BCUT2D eigenvalue weighted by Gasteiger charge is -2.30. The minimum Gasteiger partial charge on any atom is -0.340 e. The van der Waals surface area contributed by atoms with Crippen molar-refractivity contribution < 1.29 is 9.32 Å². The van der Waals surface area contributed by atoms with E-state index < -0.39 is 0 Å². The molecule has 2 aromatic rings. The molecular weight excluding hydrogens is 260 g/mol. The Morgan fingerprint density at radius 3 is 2.90 bits per heavy atom. The van der Waals surface area contributed by atoms with Crippen molar-refractivity contribution >= 4 is 5.91 Å². The lowest BCUT2D eigenvalue weighted by molar-refractivity contribution is 0.0697. The van der Waals surface area contributed by atoms with E-state index in [1.165, 1.54) is 0 Å².